The number of benzene rings is 2. The van der Waals surface area contributed by atoms with Gasteiger partial charge in [-0.25, -0.2) is 8.42 Å². The lowest BCUT2D eigenvalue weighted by atomic mass is 10.2. The van der Waals surface area contributed by atoms with Gasteiger partial charge in [0, 0.05) is 22.6 Å². The third-order valence-electron chi connectivity index (χ3n) is 3.93. The van der Waals surface area contributed by atoms with Gasteiger partial charge in [-0.3, -0.25) is 4.79 Å². The maximum atomic E-state index is 12.5. The van der Waals surface area contributed by atoms with Crippen LogP contribution in [0.5, 0.6) is 11.5 Å². The van der Waals surface area contributed by atoms with Gasteiger partial charge in [-0.05, 0) is 42.8 Å². The minimum absolute atomic E-state index is 0.120. The molecular weight excluding hydrogens is 422 g/mol. The van der Waals surface area contributed by atoms with Crippen LogP contribution in [0.25, 0.3) is 0 Å². The van der Waals surface area contributed by atoms with Crippen LogP contribution in [0.4, 0.5) is 5.69 Å². The number of ether oxygens (including phenoxy) is 2. The molecular formula is C18H18BrNO5S. The fraction of sp³-hybridized carbons (Fsp3) is 0.278. The second-order valence-electron chi connectivity index (χ2n) is 5.88. The number of anilines is 1. The van der Waals surface area contributed by atoms with E-state index in [1.807, 2.05) is 19.1 Å². The molecule has 1 aliphatic heterocycles. The number of rotatable bonds is 5. The molecule has 0 radical (unpaired) electrons. The molecule has 0 aliphatic carbocycles. The zero-order valence-corrected chi connectivity index (χ0v) is 16.5. The van der Waals surface area contributed by atoms with Crippen LogP contribution in [0.3, 0.4) is 0 Å². The first-order valence-corrected chi connectivity index (χ1v) is 10.5. The summed E-state index contributed by atoms with van der Waals surface area (Å²) in [5.41, 5.74) is 1.55. The lowest BCUT2D eigenvalue weighted by molar-refractivity contribution is -0.115. The summed E-state index contributed by atoms with van der Waals surface area (Å²) in [5, 5.41) is 2.74. The van der Waals surface area contributed by atoms with Crippen LogP contribution in [0.2, 0.25) is 0 Å². The van der Waals surface area contributed by atoms with Crippen molar-refractivity contribution >= 4 is 37.4 Å². The highest BCUT2D eigenvalue weighted by Crippen LogP contribution is 2.32. The van der Waals surface area contributed by atoms with E-state index in [4.69, 9.17) is 9.47 Å². The van der Waals surface area contributed by atoms with E-state index >= 15 is 0 Å². The van der Waals surface area contributed by atoms with E-state index in [0.717, 1.165) is 10.0 Å². The van der Waals surface area contributed by atoms with E-state index in [2.05, 4.69) is 21.2 Å². The Morgan fingerprint density at radius 2 is 1.85 bits per heavy atom. The van der Waals surface area contributed by atoms with E-state index in [1.165, 1.54) is 12.1 Å². The molecule has 0 atom stereocenters. The number of fused-ring (bicyclic) bond motifs is 1. The van der Waals surface area contributed by atoms with Crippen molar-refractivity contribution in [2.45, 2.75) is 18.2 Å². The Labute approximate surface area is 160 Å². The Morgan fingerprint density at radius 1 is 1.12 bits per heavy atom. The van der Waals surface area contributed by atoms with Gasteiger partial charge in [-0.15, -0.1) is 0 Å². The van der Waals surface area contributed by atoms with Crippen molar-refractivity contribution in [3.8, 4) is 11.5 Å². The van der Waals surface area contributed by atoms with Crippen LogP contribution in [0.1, 0.15) is 12.0 Å². The molecule has 0 spiro atoms. The molecule has 138 valence electrons. The molecule has 26 heavy (non-hydrogen) atoms. The predicted molar refractivity (Wildman–Crippen MR) is 102 cm³/mol. The van der Waals surface area contributed by atoms with Gasteiger partial charge in [-0.1, -0.05) is 15.9 Å². The number of hydrogen-bond acceptors (Lipinski definition) is 5. The monoisotopic (exact) mass is 439 g/mol. The maximum absolute atomic E-state index is 12.5. The molecule has 8 heteroatoms. The molecule has 6 nitrogen and oxygen atoms in total. The molecule has 1 amide bonds. The van der Waals surface area contributed by atoms with Crippen LogP contribution < -0.4 is 14.8 Å². The Balaban J connectivity index is 1.65. The zero-order valence-electron chi connectivity index (χ0n) is 14.1. The summed E-state index contributed by atoms with van der Waals surface area (Å²) < 4.78 is 36.7. The third kappa shape index (κ3) is 4.37. The molecule has 1 aliphatic rings. The van der Waals surface area contributed by atoms with Gasteiger partial charge in [0.15, 0.2) is 21.3 Å². The molecule has 3 rings (SSSR count). The van der Waals surface area contributed by atoms with Crippen molar-refractivity contribution in [1.82, 2.24) is 0 Å². The molecule has 1 N–H and O–H groups in total. The van der Waals surface area contributed by atoms with Gasteiger partial charge >= 0.3 is 0 Å². The first kappa shape index (κ1) is 18.7. The first-order chi connectivity index (χ1) is 12.3. The minimum atomic E-state index is -3.60. The summed E-state index contributed by atoms with van der Waals surface area (Å²) in [5.74, 6) is 0.302. The summed E-state index contributed by atoms with van der Waals surface area (Å²) in [4.78, 5) is 12.2. The van der Waals surface area contributed by atoms with E-state index in [-0.39, 0.29) is 23.0 Å². The van der Waals surface area contributed by atoms with E-state index in [1.54, 1.807) is 12.1 Å². The lowest BCUT2D eigenvalue weighted by Gasteiger charge is -2.18. The van der Waals surface area contributed by atoms with Crippen molar-refractivity contribution < 1.29 is 22.7 Å². The van der Waals surface area contributed by atoms with Crippen molar-refractivity contribution in [3.05, 3.63) is 46.4 Å². The number of nitrogens with one attached hydrogen (secondary N) is 1. The summed E-state index contributed by atoms with van der Waals surface area (Å²) >= 11 is 3.36. The summed E-state index contributed by atoms with van der Waals surface area (Å²) in [7, 11) is -3.60. The van der Waals surface area contributed by atoms with E-state index < -0.39 is 9.84 Å². The summed E-state index contributed by atoms with van der Waals surface area (Å²) in [6, 6.07) is 9.95. The Morgan fingerprint density at radius 3 is 2.58 bits per heavy atom. The van der Waals surface area contributed by atoms with Crippen molar-refractivity contribution in [2.75, 3.05) is 24.3 Å². The lowest BCUT2D eigenvalue weighted by Crippen LogP contribution is -2.19. The Bertz CT molecular complexity index is 943. The summed E-state index contributed by atoms with van der Waals surface area (Å²) in [6.07, 6.45) is -0.133. The van der Waals surface area contributed by atoms with Crippen molar-refractivity contribution in [1.29, 1.82) is 0 Å². The molecule has 2 aromatic carbocycles. The van der Waals surface area contributed by atoms with Gasteiger partial charge in [0.25, 0.3) is 0 Å². The van der Waals surface area contributed by atoms with Gasteiger partial charge < -0.3 is 14.8 Å². The number of carbonyl (C=O) groups excluding carboxylic acids is 1. The molecule has 0 saturated carbocycles. The zero-order chi connectivity index (χ0) is 18.7. The van der Waals surface area contributed by atoms with Gasteiger partial charge in [0.1, 0.15) is 13.2 Å². The number of carbonyl (C=O) groups is 1. The fourth-order valence-corrected chi connectivity index (χ4v) is 4.27. The van der Waals surface area contributed by atoms with E-state index in [9.17, 15) is 13.2 Å². The molecule has 2 aromatic rings. The predicted octanol–water partition coefficient (Wildman–Crippen LogP) is 3.33. The fourth-order valence-electron chi connectivity index (χ4n) is 2.54. The highest BCUT2D eigenvalue weighted by atomic mass is 79.9. The van der Waals surface area contributed by atoms with Crippen LogP contribution in [-0.4, -0.2) is 33.3 Å². The molecule has 0 aromatic heterocycles. The normalized spacial score (nSPS) is 13.3. The summed E-state index contributed by atoms with van der Waals surface area (Å²) in [6.45, 7) is 2.69. The standard InChI is InChI=1S/C18H18BrNO5S/c1-12-10-13(19)2-4-15(12)20-18(21)6-9-26(22,23)14-3-5-16-17(11-14)25-8-7-24-16/h2-5,10-11H,6-9H2,1H3,(H,20,21). The second kappa shape index (κ2) is 7.67. The first-order valence-electron chi connectivity index (χ1n) is 8.03. The van der Waals surface area contributed by atoms with Gasteiger partial charge in [0.05, 0.1) is 10.6 Å². The Kier molecular flexibility index (Phi) is 5.52. The second-order valence-corrected chi connectivity index (χ2v) is 8.91. The number of halogens is 1. The van der Waals surface area contributed by atoms with Crippen molar-refractivity contribution in [2.24, 2.45) is 0 Å². The number of sulfone groups is 1. The van der Waals surface area contributed by atoms with Crippen LogP contribution in [-0.2, 0) is 14.6 Å². The maximum Gasteiger partial charge on any atom is 0.225 e. The van der Waals surface area contributed by atoms with Crippen molar-refractivity contribution in [3.63, 3.8) is 0 Å². The van der Waals surface area contributed by atoms with Gasteiger partial charge in [0.2, 0.25) is 5.91 Å². The largest absolute Gasteiger partial charge is 0.486 e. The van der Waals surface area contributed by atoms with E-state index in [0.29, 0.717) is 30.4 Å². The number of aryl methyl sites for hydroxylation is 1. The SMILES string of the molecule is Cc1cc(Br)ccc1NC(=O)CCS(=O)(=O)c1ccc2c(c1)OCCO2. The molecule has 1 heterocycles. The quantitative estimate of drug-likeness (QED) is 0.772. The Hall–Kier alpha value is -2.06. The highest BCUT2D eigenvalue weighted by molar-refractivity contribution is 9.10. The average molecular weight is 440 g/mol. The number of hydrogen-bond donors (Lipinski definition) is 1. The molecule has 0 bridgehead atoms. The molecule has 0 unspecified atom stereocenters. The van der Waals surface area contributed by atoms with Crippen LogP contribution in [0, 0.1) is 6.92 Å². The van der Waals surface area contributed by atoms with Gasteiger partial charge in [-0.2, -0.15) is 0 Å². The van der Waals surface area contributed by atoms with Crippen LogP contribution >= 0.6 is 15.9 Å². The molecule has 0 fully saturated rings. The molecule has 0 saturated heterocycles. The smallest absolute Gasteiger partial charge is 0.225 e. The number of amides is 1. The topological polar surface area (TPSA) is 81.7 Å². The third-order valence-corrected chi connectivity index (χ3v) is 6.14. The minimum Gasteiger partial charge on any atom is -0.486 e. The highest BCUT2D eigenvalue weighted by Gasteiger charge is 2.20. The van der Waals surface area contributed by atoms with Crippen LogP contribution in [0.15, 0.2) is 45.8 Å². The average Bonchev–Trinajstić information content (AvgIpc) is 2.62.